The van der Waals surface area contributed by atoms with Crippen molar-refractivity contribution in [2.45, 2.75) is 6.42 Å². The average molecular weight is 312 g/mol. The highest BCUT2D eigenvalue weighted by Crippen LogP contribution is 2.29. The van der Waals surface area contributed by atoms with Crippen molar-refractivity contribution in [3.8, 4) is 0 Å². The second-order valence-electron chi connectivity index (χ2n) is 5.85. The molecule has 23 heavy (non-hydrogen) atoms. The fraction of sp³-hybridized carbons (Fsp3) is 0.333. The van der Waals surface area contributed by atoms with Crippen LogP contribution in [-0.4, -0.2) is 60.0 Å². The highest BCUT2D eigenvalue weighted by atomic mass is 16.3. The third kappa shape index (κ3) is 2.85. The molecule has 0 radical (unpaired) electrons. The number of aliphatic hydroxyl groups excluding tert-OH is 1. The van der Waals surface area contributed by atoms with Crippen LogP contribution in [0.15, 0.2) is 36.4 Å². The van der Waals surface area contributed by atoms with E-state index < -0.39 is 0 Å². The van der Waals surface area contributed by atoms with Gasteiger partial charge in [0.1, 0.15) is 0 Å². The molecule has 1 heterocycles. The summed E-state index contributed by atoms with van der Waals surface area (Å²) in [5.41, 5.74) is 1.20. The first-order valence-corrected chi connectivity index (χ1v) is 7.81. The highest BCUT2D eigenvalue weighted by molar-refractivity contribution is 6.25. The van der Waals surface area contributed by atoms with Gasteiger partial charge in [-0.2, -0.15) is 0 Å². The Bertz CT molecular complexity index is 706. The Morgan fingerprint density at radius 1 is 1.00 bits per heavy atom. The number of carbonyl (C=O) groups excluding carboxylic acids is 2. The van der Waals surface area contributed by atoms with E-state index in [0.717, 1.165) is 17.3 Å². The molecule has 5 heteroatoms. The van der Waals surface area contributed by atoms with Gasteiger partial charge < -0.3 is 10.0 Å². The first kappa shape index (κ1) is 15.6. The van der Waals surface area contributed by atoms with Crippen molar-refractivity contribution in [2.24, 2.45) is 0 Å². The van der Waals surface area contributed by atoms with Crippen molar-refractivity contribution in [1.82, 2.24) is 9.80 Å². The SMILES string of the molecule is CN(CCO)CCCN1C(=O)c2cccc3cccc(c23)C1=O. The quantitative estimate of drug-likeness (QED) is 0.826. The Kier molecular flexibility index (Phi) is 4.41. The molecular weight excluding hydrogens is 292 g/mol. The molecular formula is C18H20N2O3. The van der Waals surface area contributed by atoms with E-state index in [9.17, 15) is 9.59 Å². The molecule has 1 N–H and O–H groups in total. The van der Waals surface area contributed by atoms with Crippen LogP contribution in [0, 0.1) is 0 Å². The van der Waals surface area contributed by atoms with E-state index in [2.05, 4.69) is 0 Å². The summed E-state index contributed by atoms with van der Waals surface area (Å²) in [5, 5.41) is 10.6. The van der Waals surface area contributed by atoms with Gasteiger partial charge in [-0.3, -0.25) is 14.5 Å². The fourth-order valence-electron chi connectivity index (χ4n) is 3.06. The van der Waals surface area contributed by atoms with Gasteiger partial charge in [0.15, 0.2) is 0 Å². The molecule has 0 saturated heterocycles. The van der Waals surface area contributed by atoms with Crippen molar-refractivity contribution in [2.75, 3.05) is 33.3 Å². The van der Waals surface area contributed by atoms with E-state index in [-0.39, 0.29) is 18.4 Å². The van der Waals surface area contributed by atoms with Crippen LogP contribution in [0.1, 0.15) is 27.1 Å². The standard InChI is InChI=1S/C18H20N2O3/c1-19(11-12-21)9-4-10-20-17(22)14-7-2-5-13-6-3-8-15(16(13)14)18(20)23/h2-3,5-8,21H,4,9-12H2,1H3. The lowest BCUT2D eigenvalue weighted by molar-refractivity contribution is 0.0603. The summed E-state index contributed by atoms with van der Waals surface area (Å²) < 4.78 is 0. The second kappa shape index (κ2) is 6.48. The van der Waals surface area contributed by atoms with Crippen LogP contribution in [0.5, 0.6) is 0 Å². The molecule has 5 nitrogen and oxygen atoms in total. The molecule has 2 aromatic rings. The highest BCUT2D eigenvalue weighted by Gasteiger charge is 2.32. The Morgan fingerprint density at radius 3 is 2.17 bits per heavy atom. The maximum atomic E-state index is 12.7. The molecule has 2 amide bonds. The average Bonchev–Trinajstić information content (AvgIpc) is 2.56. The largest absolute Gasteiger partial charge is 0.395 e. The third-order valence-corrected chi connectivity index (χ3v) is 4.26. The maximum Gasteiger partial charge on any atom is 0.261 e. The number of imide groups is 1. The molecule has 0 aliphatic carbocycles. The van der Waals surface area contributed by atoms with Crippen LogP contribution in [0.25, 0.3) is 10.8 Å². The van der Waals surface area contributed by atoms with Gasteiger partial charge in [0.05, 0.1) is 6.61 Å². The molecule has 0 spiro atoms. The normalized spacial score (nSPS) is 14.1. The Hall–Kier alpha value is -2.24. The molecule has 120 valence electrons. The minimum absolute atomic E-state index is 0.105. The zero-order valence-electron chi connectivity index (χ0n) is 13.2. The first-order chi connectivity index (χ1) is 11.1. The summed E-state index contributed by atoms with van der Waals surface area (Å²) in [6, 6.07) is 11.1. The van der Waals surface area contributed by atoms with Gasteiger partial charge in [-0.1, -0.05) is 24.3 Å². The minimum Gasteiger partial charge on any atom is -0.395 e. The van der Waals surface area contributed by atoms with Gasteiger partial charge in [-0.05, 0) is 37.5 Å². The molecule has 3 rings (SSSR count). The molecule has 1 aliphatic rings. The van der Waals surface area contributed by atoms with Crippen molar-refractivity contribution in [3.63, 3.8) is 0 Å². The Labute approximate surface area is 135 Å². The summed E-state index contributed by atoms with van der Waals surface area (Å²) in [4.78, 5) is 28.7. The van der Waals surface area contributed by atoms with Crippen LogP contribution >= 0.6 is 0 Å². The summed E-state index contributed by atoms with van der Waals surface area (Å²) in [7, 11) is 1.91. The van der Waals surface area contributed by atoms with E-state index in [1.165, 1.54) is 4.90 Å². The summed E-state index contributed by atoms with van der Waals surface area (Å²) in [6.07, 6.45) is 0.687. The molecule has 0 aromatic heterocycles. The van der Waals surface area contributed by atoms with Crippen molar-refractivity contribution in [1.29, 1.82) is 0 Å². The number of rotatable bonds is 6. The van der Waals surface area contributed by atoms with Gasteiger partial charge in [-0.15, -0.1) is 0 Å². The number of likely N-dealkylation sites (N-methyl/N-ethyl adjacent to an activating group) is 1. The minimum atomic E-state index is -0.218. The van der Waals surface area contributed by atoms with Crippen LogP contribution in [0.3, 0.4) is 0 Å². The van der Waals surface area contributed by atoms with E-state index in [4.69, 9.17) is 5.11 Å². The smallest absolute Gasteiger partial charge is 0.261 e. The van der Waals surface area contributed by atoms with Gasteiger partial charge in [0, 0.05) is 29.6 Å². The Balaban J connectivity index is 1.83. The summed E-state index contributed by atoms with van der Waals surface area (Å²) >= 11 is 0. The van der Waals surface area contributed by atoms with Crippen molar-refractivity contribution < 1.29 is 14.7 Å². The first-order valence-electron chi connectivity index (χ1n) is 7.81. The van der Waals surface area contributed by atoms with Gasteiger partial charge in [-0.25, -0.2) is 0 Å². The van der Waals surface area contributed by atoms with Crippen molar-refractivity contribution in [3.05, 3.63) is 47.5 Å². The molecule has 0 saturated carbocycles. The number of amides is 2. The van der Waals surface area contributed by atoms with Gasteiger partial charge >= 0.3 is 0 Å². The van der Waals surface area contributed by atoms with E-state index in [1.54, 1.807) is 12.1 Å². The number of hydrogen-bond acceptors (Lipinski definition) is 4. The monoisotopic (exact) mass is 312 g/mol. The molecule has 0 fully saturated rings. The lowest BCUT2D eigenvalue weighted by Crippen LogP contribution is -2.41. The predicted octanol–water partition coefficient (Wildman–Crippen LogP) is 1.75. The fourth-order valence-corrected chi connectivity index (χ4v) is 3.06. The number of hydrogen-bond donors (Lipinski definition) is 1. The number of carbonyl (C=O) groups is 2. The number of aliphatic hydroxyl groups is 1. The lowest BCUT2D eigenvalue weighted by Gasteiger charge is -2.27. The number of benzene rings is 2. The van der Waals surface area contributed by atoms with Crippen LogP contribution in [0.4, 0.5) is 0 Å². The molecule has 0 unspecified atom stereocenters. The van der Waals surface area contributed by atoms with Gasteiger partial charge in [0.2, 0.25) is 0 Å². The summed E-state index contributed by atoms with van der Waals surface area (Å²) in [5.74, 6) is -0.437. The zero-order chi connectivity index (χ0) is 16.4. The molecule has 0 bridgehead atoms. The zero-order valence-corrected chi connectivity index (χ0v) is 13.2. The Morgan fingerprint density at radius 2 is 1.61 bits per heavy atom. The predicted molar refractivity (Wildman–Crippen MR) is 88.5 cm³/mol. The molecule has 2 aromatic carbocycles. The van der Waals surface area contributed by atoms with E-state index >= 15 is 0 Å². The second-order valence-corrected chi connectivity index (χ2v) is 5.85. The van der Waals surface area contributed by atoms with E-state index in [0.29, 0.717) is 30.6 Å². The van der Waals surface area contributed by atoms with Crippen LogP contribution in [-0.2, 0) is 0 Å². The van der Waals surface area contributed by atoms with Crippen molar-refractivity contribution >= 4 is 22.6 Å². The molecule has 0 atom stereocenters. The third-order valence-electron chi connectivity index (χ3n) is 4.26. The van der Waals surface area contributed by atoms with Crippen LogP contribution in [0.2, 0.25) is 0 Å². The van der Waals surface area contributed by atoms with Gasteiger partial charge in [0.25, 0.3) is 11.8 Å². The maximum absolute atomic E-state index is 12.7. The van der Waals surface area contributed by atoms with E-state index in [1.807, 2.05) is 36.2 Å². The topological polar surface area (TPSA) is 60.9 Å². The lowest BCUT2D eigenvalue weighted by atomic mass is 9.94. The van der Waals surface area contributed by atoms with Crippen LogP contribution < -0.4 is 0 Å². The summed E-state index contributed by atoms with van der Waals surface area (Å²) in [6.45, 7) is 1.80. The number of nitrogens with zero attached hydrogens (tertiary/aromatic N) is 2. The molecule has 1 aliphatic heterocycles.